The molecule has 2 bridgehead atoms. The van der Waals surface area contributed by atoms with Crippen molar-refractivity contribution in [3.05, 3.63) is 29.8 Å². The Labute approximate surface area is 238 Å². The van der Waals surface area contributed by atoms with Crippen molar-refractivity contribution in [2.24, 2.45) is 5.92 Å². The number of alkyl carbamates (subject to hydrolysis) is 1. The molecule has 41 heavy (non-hydrogen) atoms. The Morgan fingerprint density at radius 1 is 1.22 bits per heavy atom. The fourth-order valence-electron chi connectivity index (χ4n) is 6.69. The van der Waals surface area contributed by atoms with E-state index < -0.39 is 23.8 Å². The van der Waals surface area contributed by atoms with Gasteiger partial charge in [0.15, 0.2) is 0 Å². The summed E-state index contributed by atoms with van der Waals surface area (Å²) < 4.78 is 5.46. The van der Waals surface area contributed by atoms with E-state index in [2.05, 4.69) is 32.0 Å². The van der Waals surface area contributed by atoms with E-state index in [0.29, 0.717) is 31.1 Å². The van der Waals surface area contributed by atoms with Crippen LogP contribution in [0.15, 0.2) is 24.3 Å². The van der Waals surface area contributed by atoms with Gasteiger partial charge >= 0.3 is 6.09 Å². The molecule has 2 N–H and O–H groups in total. The molecular weight excluding hydrogens is 526 g/mol. The molecule has 0 spiro atoms. The number of carbonyl (C=O) groups is 3. The third kappa shape index (κ3) is 5.12. The number of rotatable bonds is 7. The summed E-state index contributed by atoms with van der Waals surface area (Å²) in [7, 11) is 0. The Balaban J connectivity index is 1.15. The van der Waals surface area contributed by atoms with Gasteiger partial charge in [0, 0.05) is 30.7 Å². The largest absolute Gasteiger partial charge is 0.444 e. The number of nitrogens with zero attached hydrogens (tertiary/aromatic N) is 7. The normalized spacial score (nSPS) is 28.3. The van der Waals surface area contributed by atoms with Crippen molar-refractivity contribution in [1.82, 2.24) is 40.6 Å². The average Bonchev–Trinajstić information content (AvgIpc) is 3.36. The zero-order valence-electron chi connectivity index (χ0n) is 23.6. The number of hydrogen-bond donors (Lipinski definition) is 2. The number of H-pyrrole nitrogens is 1. The third-order valence-electron chi connectivity index (χ3n) is 8.64. The average molecular weight is 562 g/mol. The van der Waals surface area contributed by atoms with E-state index in [0.717, 1.165) is 17.5 Å². The summed E-state index contributed by atoms with van der Waals surface area (Å²) in [4.78, 5) is 45.7. The summed E-state index contributed by atoms with van der Waals surface area (Å²) in [6, 6.07) is 8.14. The predicted molar refractivity (Wildman–Crippen MR) is 145 cm³/mol. The van der Waals surface area contributed by atoms with Gasteiger partial charge in [-0.1, -0.05) is 24.3 Å². The van der Waals surface area contributed by atoms with Crippen LogP contribution in [-0.2, 0) is 14.3 Å². The second-order valence-corrected chi connectivity index (χ2v) is 12.5. The van der Waals surface area contributed by atoms with Gasteiger partial charge in [0.05, 0.1) is 18.2 Å². The molecule has 4 aliphatic rings. The van der Waals surface area contributed by atoms with Crippen LogP contribution in [0, 0.1) is 17.2 Å². The number of carbonyl (C=O) groups excluding carboxylic acids is 3. The minimum atomic E-state index is -0.921. The number of aromatic amines is 1. The van der Waals surface area contributed by atoms with Gasteiger partial charge in [0.2, 0.25) is 17.6 Å². The summed E-state index contributed by atoms with van der Waals surface area (Å²) in [5.41, 5.74) is 1.10. The summed E-state index contributed by atoms with van der Waals surface area (Å²) in [5, 5.41) is 26.5. The van der Waals surface area contributed by atoms with E-state index in [4.69, 9.17) is 4.74 Å². The highest BCUT2D eigenvalue weighted by atomic mass is 16.6. The van der Waals surface area contributed by atoms with Crippen LogP contribution in [0.3, 0.4) is 0 Å². The van der Waals surface area contributed by atoms with Crippen LogP contribution in [-0.4, -0.2) is 102 Å². The van der Waals surface area contributed by atoms with E-state index in [9.17, 15) is 19.6 Å². The number of nitriles is 1. The molecule has 4 heterocycles. The summed E-state index contributed by atoms with van der Waals surface area (Å²) >= 11 is 0. The maximum Gasteiger partial charge on any atom is 0.408 e. The molecule has 3 amide bonds. The monoisotopic (exact) mass is 561 g/mol. The van der Waals surface area contributed by atoms with Crippen LogP contribution >= 0.6 is 0 Å². The Morgan fingerprint density at radius 3 is 2.61 bits per heavy atom. The SMILES string of the molecule is CC(c1ccc(-c2nn[nH]n2)cc1)N1C(=O)C2C[C@H]1CN2CC(NC(=O)OC(C)(C)C)C(=O)N1C(C#N)C[C@@H]2CC21. The molecule has 1 aromatic carbocycles. The topological polar surface area (TPSA) is 160 Å². The lowest BCUT2D eigenvalue weighted by atomic mass is 10.0. The minimum Gasteiger partial charge on any atom is -0.444 e. The predicted octanol–water partition coefficient (Wildman–Crippen LogP) is 1.62. The number of tetrazole rings is 1. The van der Waals surface area contributed by atoms with Gasteiger partial charge in [-0.3, -0.25) is 14.5 Å². The summed E-state index contributed by atoms with van der Waals surface area (Å²) in [5.74, 6) is 0.589. The molecule has 13 nitrogen and oxygen atoms in total. The number of benzene rings is 1. The molecule has 1 saturated carbocycles. The van der Waals surface area contributed by atoms with Gasteiger partial charge in [-0.15, -0.1) is 10.2 Å². The molecule has 3 saturated heterocycles. The number of ether oxygens (including phenoxy) is 1. The highest BCUT2D eigenvalue weighted by Gasteiger charge is 2.56. The molecule has 6 rings (SSSR count). The van der Waals surface area contributed by atoms with Crippen LogP contribution in [0.25, 0.3) is 11.4 Å². The van der Waals surface area contributed by atoms with Gasteiger partial charge in [-0.05, 0) is 63.7 Å². The number of hydrogen-bond acceptors (Lipinski definition) is 9. The standard InChI is InChI=1S/C28H35N9O4/c1-15(16-5-7-17(8-6-16)24-31-33-34-32-24)36-20-11-23(26(36)39)35(13-20)14-21(30-27(40)41-28(2,3)4)25(38)37-19(12-29)9-18-10-22(18)37/h5-8,15,18-23H,9-11,13-14H2,1-4H3,(H,30,40)(H,31,32,33,34)/t15?,18-,19?,20+,21?,22?,23?/m1/s1. The second-order valence-electron chi connectivity index (χ2n) is 12.5. The Bertz CT molecular complexity index is 1370. The fraction of sp³-hybridized carbons (Fsp3) is 0.607. The van der Waals surface area contributed by atoms with E-state index in [1.54, 1.807) is 25.7 Å². The molecular formula is C28H35N9O4. The number of amides is 3. The van der Waals surface area contributed by atoms with E-state index >= 15 is 0 Å². The number of aromatic nitrogens is 4. The summed E-state index contributed by atoms with van der Waals surface area (Å²) in [6.45, 7) is 8.07. The second kappa shape index (κ2) is 10.1. The van der Waals surface area contributed by atoms with Gasteiger partial charge < -0.3 is 19.9 Å². The quantitative estimate of drug-likeness (QED) is 0.512. The summed E-state index contributed by atoms with van der Waals surface area (Å²) in [6.07, 6.45) is 1.53. The number of piperazine rings is 1. The van der Waals surface area contributed by atoms with Crippen molar-refractivity contribution in [2.45, 2.75) is 88.8 Å². The van der Waals surface area contributed by atoms with Crippen molar-refractivity contribution in [2.75, 3.05) is 13.1 Å². The highest BCUT2D eigenvalue weighted by Crippen LogP contribution is 2.48. The first-order valence-electron chi connectivity index (χ1n) is 14.2. The van der Waals surface area contributed by atoms with Gasteiger partial charge in [-0.25, -0.2) is 4.79 Å². The lowest BCUT2D eigenvalue weighted by molar-refractivity contribution is -0.141. The number of likely N-dealkylation sites (tertiary alicyclic amines) is 3. The van der Waals surface area contributed by atoms with Crippen molar-refractivity contribution in [3.63, 3.8) is 0 Å². The van der Waals surface area contributed by atoms with E-state index in [1.165, 1.54) is 0 Å². The Hall–Kier alpha value is -4.05. The van der Waals surface area contributed by atoms with Crippen LogP contribution in [0.5, 0.6) is 0 Å². The van der Waals surface area contributed by atoms with Crippen molar-refractivity contribution in [1.29, 1.82) is 5.26 Å². The van der Waals surface area contributed by atoms with Crippen molar-refractivity contribution < 1.29 is 19.1 Å². The molecule has 1 aliphatic carbocycles. The Morgan fingerprint density at radius 2 is 1.98 bits per heavy atom. The Kier molecular flexibility index (Phi) is 6.68. The molecule has 216 valence electrons. The molecule has 4 fully saturated rings. The van der Waals surface area contributed by atoms with Gasteiger partial charge in [-0.2, -0.15) is 10.5 Å². The molecule has 0 radical (unpaired) electrons. The molecule has 1 aromatic heterocycles. The van der Waals surface area contributed by atoms with Gasteiger partial charge in [0.1, 0.15) is 17.7 Å². The molecule has 7 atom stereocenters. The first-order valence-corrected chi connectivity index (χ1v) is 14.2. The first kappa shape index (κ1) is 27.1. The van der Waals surface area contributed by atoms with E-state index in [1.807, 2.05) is 41.0 Å². The fourth-order valence-corrected chi connectivity index (χ4v) is 6.69. The maximum atomic E-state index is 13.8. The third-order valence-corrected chi connectivity index (χ3v) is 8.64. The van der Waals surface area contributed by atoms with Crippen LogP contribution in [0.2, 0.25) is 0 Å². The van der Waals surface area contributed by atoms with Gasteiger partial charge in [0.25, 0.3) is 0 Å². The van der Waals surface area contributed by atoms with Crippen LogP contribution in [0.1, 0.15) is 58.6 Å². The van der Waals surface area contributed by atoms with Crippen molar-refractivity contribution in [3.8, 4) is 17.5 Å². The lowest BCUT2D eigenvalue weighted by Crippen LogP contribution is -2.59. The number of piperidine rings is 1. The smallest absolute Gasteiger partial charge is 0.408 e. The van der Waals surface area contributed by atoms with Crippen LogP contribution in [0.4, 0.5) is 4.79 Å². The number of fused-ring (bicyclic) bond motifs is 3. The maximum absolute atomic E-state index is 13.8. The zero-order valence-corrected chi connectivity index (χ0v) is 23.6. The molecule has 13 heteroatoms. The highest BCUT2D eigenvalue weighted by molar-refractivity contribution is 5.89. The number of nitrogens with one attached hydrogen (secondary N) is 2. The van der Waals surface area contributed by atoms with Crippen molar-refractivity contribution >= 4 is 17.9 Å². The minimum absolute atomic E-state index is 0.0110. The van der Waals surface area contributed by atoms with E-state index in [-0.39, 0.29) is 42.5 Å². The lowest BCUT2D eigenvalue weighted by Gasteiger charge is -2.39. The molecule has 5 unspecified atom stereocenters. The molecule has 2 aromatic rings. The zero-order chi connectivity index (χ0) is 29.1. The molecule has 3 aliphatic heterocycles. The first-order chi connectivity index (χ1) is 19.5. The van der Waals surface area contributed by atoms with Crippen LogP contribution < -0.4 is 5.32 Å².